The van der Waals surface area contributed by atoms with E-state index in [2.05, 4.69) is 15.6 Å². The van der Waals surface area contributed by atoms with E-state index in [0.717, 1.165) is 16.5 Å². The molecule has 4 N–H and O–H groups in total. The third-order valence-corrected chi connectivity index (χ3v) is 3.61. The highest BCUT2D eigenvalue weighted by Crippen LogP contribution is 2.17. The number of aliphatic hydroxyl groups excluding tert-OH is 1. The predicted octanol–water partition coefficient (Wildman–Crippen LogP) is 0.714. The van der Waals surface area contributed by atoms with Crippen molar-refractivity contribution < 1.29 is 14.7 Å². The lowest BCUT2D eigenvalue weighted by atomic mass is 10.1. The van der Waals surface area contributed by atoms with Crippen LogP contribution >= 0.6 is 0 Å². The van der Waals surface area contributed by atoms with E-state index < -0.39 is 11.8 Å². The van der Waals surface area contributed by atoms with Crippen LogP contribution in [-0.4, -0.2) is 41.1 Å². The van der Waals surface area contributed by atoms with Crippen LogP contribution in [0.25, 0.3) is 10.9 Å². The average Bonchev–Trinajstić information content (AvgIpc) is 2.95. The highest BCUT2D eigenvalue weighted by molar-refractivity contribution is 6.35. The fraction of sp³-hybridized carbons (Fsp3) is 0.375. The molecule has 1 atom stereocenters. The van der Waals surface area contributed by atoms with Crippen LogP contribution in [0.5, 0.6) is 0 Å². The number of benzene rings is 1. The minimum absolute atomic E-state index is 0.176. The molecule has 2 amide bonds. The van der Waals surface area contributed by atoms with Crippen molar-refractivity contribution in [2.75, 3.05) is 13.2 Å². The van der Waals surface area contributed by atoms with Crippen molar-refractivity contribution in [2.24, 2.45) is 0 Å². The number of aliphatic hydroxyl groups is 1. The summed E-state index contributed by atoms with van der Waals surface area (Å²) in [7, 11) is 0. The highest BCUT2D eigenvalue weighted by atomic mass is 16.3. The molecule has 0 aliphatic rings. The lowest BCUT2D eigenvalue weighted by Gasteiger charge is -2.13. The molecule has 0 unspecified atom stereocenters. The summed E-state index contributed by atoms with van der Waals surface area (Å²) in [5.74, 6) is -1.38. The molecule has 1 aromatic carbocycles. The summed E-state index contributed by atoms with van der Waals surface area (Å²) in [6.07, 6.45) is 3.13. The van der Waals surface area contributed by atoms with Crippen LogP contribution < -0.4 is 10.6 Å². The van der Waals surface area contributed by atoms with Crippen molar-refractivity contribution in [1.82, 2.24) is 15.6 Å². The first kappa shape index (κ1) is 16.0. The molecule has 2 aromatic rings. The largest absolute Gasteiger partial charge is 0.394 e. The maximum absolute atomic E-state index is 11.7. The van der Waals surface area contributed by atoms with Gasteiger partial charge in [-0.1, -0.05) is 25.1 Å². The fourth-order valence-electron chi connectivity index (χ4n) is 2.26. The molecule has 0 fully saturated rings. The number of amides is 2. The Labute approximate surface area is 128 Å². The highest BCUT2D eigenvalue weighted by Gasteiger charge is 2.16. The number of hydrogen-bond donors (Lipinski definition) is 4. The molecule has 6 nitrogen and oxygen atoms in total. The molecule has 0 spiro atoms. The molecule has 22 heavy (non-hydrogen) atoms. The molecule has 1 aromatic heterocycles. The summed E-state index contributed by atoms with van der Waals surface area (Å²) in [4.78, 5) is 26.5. The summed E-state index contributed by atoms with van der Waals surface area (Å²) >= 11 is 0. The van der Waals surface area contributed by atoms with Crippen molar-refractivity contribution in [3.63, 3.8) is 0 Å². The molecule has 0 bridgehead atoms. The Balaban J connectivity index is 1.83. The number of rotatable bonds is 6. The molecule has 0 aliphatic carbocycles. The number of nitrogens with one attached hydrogen (secondary N) is 3. The van der Waals surface area contributed by atoms with Crippen LogP contribution in [0.2, 0.25) is 0 Å². The molecule has 6 heteroatoms. The van der Waals surface area contributed by atoms with Gasteiger partial charge < -0.3 is 20.7 Å². The minimum Gasteiger partial charge on any atom is -0.394 e. The first-order valence-electron chi connectivity index (χ1n) is 7.40. The van der Waals surface area contributed by atoms with Crippen molar-refractivity contribution in [3.05, 3.63) is 36.0 Å². The molecule has 1 heterocycles. The van der Waals surface area contributed by atoms with Gasteiger partial charge in [-0.2, -0.15) is 0 Å². The van der Waals surface area contributed by atoms with Crippen molar-refractivity contribution >= 4 is 22.7 Å². The number of H-pyrrole nitrogens is 1. The third kappa shape index (κ3) is 3.85. The Morgan fingerprint density at radius 1 is 1.27 bits per heavy atom. The summed E-state index contributed by atoms with van der Waals surface area (Å²) in [5, 5.41) is 15.2. The summed E-state index contributed by atoms with van der Waals surface area (Å²) in [5.41, 5.74) is 2.15. The van der Waals surface area contributed by atoms with Crippen LogP contribution in [0.3, 0.4) is 0 Å². The van der Waals surface area contributed by atoms with Gasteiger partial charge in [-0.25, -0.2) is 0 Å². The quantitative estimate of drug-likeness (QED) is 0.592. The lowest BCUT2D eigenvalue weighted by Crippen LogP contribution is -2.46. The predicted molar refractivity (Wildman–Crippen MR) is 84.3 cm³/mol. The van der Waals surface area contributed by atoms with Crippen molar-refractivity contribution in [1.29, 1.82) is 0 Å². The van der Waals surface area contributed by atoms with E-state index in [1.54, 1.807) is 0 Å². The van der Waals surface area contributed by atoms with Crippen LogP contribution in [0, 0.1) is 0 Å². The third-order valence-electron chi connectivity index (χ3n) is 3.61. The van der Waals surface area contributed by atoms with E-state index in [1.165, 1.54) is 0 Å². The second kappa shape index (κ2) is 7.61. The van der Waals surface area contributed by atoms with E-state index in [-0.39, 0.29) is 12.6 Å². The molecule has 0 aliphatic heterocycles. The molecule has 0 radical (unpaired) electrons. The first-order chi connectivity index (χ1) is 10.7. The van der Waals surface area contributed by atoms with Gasteiger partial charge >= 0.3 is 11.8 Å². The average molecular weight is 303 g/mol. The van der Waals surface area contributed by atoms with E-state index in [0.29, 0.717) is 19.4 Å². The van der Waals surface area contributed by atoms with Gasteiger partial charge in [0, 0.05) is 23.6 Å². The summed E-state index contributed by atoms with van der Waals surface area (Å²) < 4.78 is 0. The van der Waals surface area contributed by atoms with Gasteiger partial charge in [0.2, 0.25) is 0 Å². The van der Waals surface area contributed by atoms with Crippen LogP contribution in [-0.2, 0) is 16.0 Å². The van der Waals surface area contributed by atoms with Gasteiger partial charge in [0.15, 0.2) is 0 Å². The Bertz CT molecular complexity index is 647. The zero-order valence-electron chi connectivity index (χ0n) is 12.6. The smallest absolute Gasteiger partial charge is 0.309 e. The lowest BCUT2D eigenvalue weighted by molar-refractivity contribution is -0.139. The fourth-order valence-corrected chi connectivity index (χ4v) is 2.26. The van der Waals surface area contributed by atoms with Crippen molar-refractivity contribution in [3.8, 4) is 0 Å². The number of para-hydroxylation sites is 1. The number of carbonyl (C=O) groups is 2. The normalized spacial score (nSPS) is 12.1. The summed E-state index contributed by atoms with van der Waals surface area (Å²) in [6.45, 7) is 2.03. The zero-order valence-corrected chi connectivity index (χ0v) is 12.6. The van der Waals surface area contributed by atoms with Gasteiger partial charge in [-0.3, -0.25) is 9.59 Å². The minimum atomic E-state index is -0.708. The Morgan fingerprint density at radius 3 is 2.77 bits per heavy atom. The number of fused-ring (bicyclic) bond motifs is 1. The Kier molecular flexibility index (Phi) is 5.55. The first-order valence-corrected chi connectivity index (χ1v) is 7.40. The molecular formula is C16H21N3O3. The molecule has 2 rings (SSSR count). The topological polar surface area (TPSA) is 94.2 Å². The number of hydrogen-bond acceptors (Lipinski definition) is 3. The Morgan fingerprint density at radius 2 is 2.05 bits per heavy atom. The SMILES string of the molecule is CC[C@@H](CO)NC(=O)C(=O)NCCc1c[nH]c2ccccc12. The van der Waals surface area contributed by atoms with Gasteiger partial charge in [-0.15, -0.1) is 0 Å². The van der Waals surface area contributed by atoms with E-state index in [4.69, 9.17) is 5.11 Å². The van der Waals surface area contributed by atoms with Gasteiger partial charge in [0.25, 0.3) is 0 Å². The van der Waals surface area contributed by atoms with Crippen LogP contribution in [0.1, 0.15) is 18.9 Å². The maximum Gasteiger partial charge on any atom is 0.309 e. The number of carbonyl (C=O) groups excluding carboxylic acids is 2. The maximum atomic E-state index is 11.7. The monoisotopic (exact) mass is 303 g/mol. The molecule has 0 saturated heterocycles. The molecular weight excluding hydrogens is 282 g/mol. The van der Waals surface area contributed by atoms with Gasteiger partial charge in [-0.05, 0) is 24.5 Å². The van der Waals surface area contributed by atoms with Gasteiger partial charge in [0.05, 0.1) is 12.6 Å². The number of aromatic nitrogens is 1. The summed E-state index contributed by atoms with van der Waals surface area (Å²) in [6, 6.07) is 7.55. The molecule has 0 saturated carbocycles. The second-order valence-corrected chi connectivity index (χ2v) is 5.13. The number of aromatic amines is 1. The van der Waals surface area contributed by atoms with Gasteiger partial charge in [0.1, 0.15) is 0 Å². The van der Waals surface area contributed by atoms with E-state index >= 15 is 0 Å². The second-order valence-electron chi connectivity index (χ2n) is 5.13. The van der Waals surface area contributed by atoms with Crippen LogP contribution in [0.15, 0.2) is 30.5 Å². The van der Waals surface area contributed by atoms with E-state index in [9.17, 15) is 9.59 Å². The standard InChI is InChI=1S/C16H21N3O3/c1-2-12(10-20)19-16(22)15(21)17-8-7-11-9-18-14-6-4-3-5-13(11)14/h3-6,9,12,18,20H,2,7-8,10H2,1H3,(H,17,21)(H,19,22)/t12-/m0/s1. The van der Waals surface area contributed by atoms with Crippen LogP contribution in [0.4, 0.5) is 0 Å². The zero-order chi connectivity index (χ0) is 15.9. The molecule has 118 valence electrons. The van der Waals surface area contributed by atoms with Crippen molar-refractivity contribution in [2.45, 2.75) is 25.8 Å². The Hall–Kier alpha value is -2.34. The van der Waals surface area contributed by atoms with E-state index in [1.807, 2.05) is 37.4 Å².